The van der Waals surface area contributed by atoms with Gasteiger partial charge < -0.3 is 19.7 Å². The molecule has 0 atom stereocenters. The summed E-state index contributed by atoms with van der Waals surface area (Å²) in [6.07, 6.45) is 0.111. The van der Waals surface area contributed by atoms with Crippen LogP contribution in [-0.2, 0) is 27.2 Å². The van der Waals surface area contributed by atoms with E-state index in [-0.39, 0.29) is 5.91 Å². The van der Waals surface area contributed by atoms with Gasteiger partial charge in [0.15, 0.2) is 0 Å². The molecule has 114 valence electrons. The summed E-state index contributed by atoms with van der Waals surface area (Å²) >= 11 is 1.28. The Kier molecular flexibility index (Phi) is 4.46. The number of methoxy groups -OCH3 is 2. The van der Waals surface area contributed by atoms with Crippen molar-refractivity contribution in [3.8, 4) is 0 Å². The largest absolute Gasteiger partial charge is 0.465 e. The number of carbonyl (C=O) groups is 3. The summed E-state index contributed by atoms with van der Waals surface area (Å²) in [7, 11) is 2.63. The maximum atomic E-state index is 11.9. The zero-order valence-electron chi connectivity index (χ0n) is 12.0. The molecule has 21 heavy (non-hydrogen) atoms. The van der Waals surface area contributed by atoms with Crippen LogP contribution in [0.5, 0.6) is 0 Å². The van der Waals surface area contributed by atoms with Gasteiger partial charge in [0.25, 0.3) is 0 Å². The van der Waals surface area contributed by atoms with E-state index in [9.17, 15) is 14.4 Å². The molecule has 2 heterocycles. The van der Waals surface area contributed by atoms with Gasteiger partial charge in [0.05, 0.1) is 26.3 Å². The van der Waals surface area contributed by atoms with Crippen molar-refractivity contribution in [3.63, 3.8) is 0 Å². The van der Waals surface area contributed by atoms with Crippen LogP contribution in [0.15, 0.2) is 0 Å². The monoisotopic (exact) mass is 312 g/mol. The molecule has 0 bridgehead atoms. The van der Waals surface area contributed by atoms with Crippen molar-refractivity contribution >= 4 is 34.3 Å². The Bertz CT molecular complexity index is 596. The lowest BCUT2D eigenvalue weighted by molar-refractivity contribution is -0.114. The molecule has 0 saturated carbocycles. The smallest absolute Gasteiger partial charge is 0.409 e. The van der Waals surface area contributed by atoms with E-state index in [0.717, 1.165) is 10.4 Å². The number of hydrogen-bond acceptors (Lipinski definition) is 6. The van der Waals surface area contributed by atoms with Crippen LogP contribution in [0.4, 0.5) is 9.80 Å². The van der Waals surface area contributed by atoms with Crippen LogP contribution in [0.2, 0.25) is 0 Å². The highest BCUT2D eigenvalue weighted by Crippen LogP contribution is 2.37. The highest BCUT2D eigenvalue weighted by Gasteiger charge is 2.30. The lowest BCUT2D eigenvalue weighted by Gasteiger charge is -2.25. The maximum Gasteiger partial charge on any atom is 0.409 e. The fourth-order valence-corrected chi connectivity index (χ4v) is 3.55. The van der Waals surface area contributed by atoms with Crippen molar-refractivity contribution < 1.29 is 23.9 Å². The zero-order valence-corrected chi connectivity index (χ0v) is 12.8. The Morgan fingerprint density at radius 2 is 1.95 bits per heavy atom. The molecule has 1 aromatic heterocycles. The lowest BCUT2D eigenvalue weighted by atomic mass is 10.0. The molecule has 1 aliphatic rings. The third-order valence-electron chi connectivity index (χ3n) is 3.17. The SMILES string of the molecule is COC(=O)c1c(NC(C)=O)sc2c1CCN(C(=O)OC)C2. The number of hydrogen-bond donors (Lipinski definition) is 1. The van der Waals surface area contributed by atoms with Gasteiger partial charge in [0.2, 0.25) is 5.91 Å². The summed E-state index contributed by atoms with van der Waals surface area (Å²) in [6, 6.07) is 0. The number of ether oxygens (including phenoxy) is 2. The molecule has 0 aromatic carbocycles. The van der Waals surface area contributed by atoms with Gasteiger partial charge in [-0.25, -0.2) is 9.59 Å². The second-order valence-electron chi connectivity index (χ2n) is 4.52. The molecule has 0 unspecified atom stereocenters. The van der Waals surface area contributed by atoms with Crippen molar-refractivity contribution in [3.05, 3.63) is 16.0 Å². The van der Waals surface area contributed by atoms with E-state index in [1.165, 1.54) is 32.5 Å². The van der Waals surface area contributed by atoms with Crippen LogP contribution in [0.1, 0.15) is 27.7 Å². The molecule has 1 aromatic rings. The highest BCUT2D eigenvalue weighted by atomic mass is 32.1. The first-order valence-corrected chi connectivity index (χ1v) is 7.13. The van der Waals surface area contributed by atoms with Gasteiger partial charge in [0.1, 0.15) is 5.00 Å². The van der Waals surface area contributed by atoms with Crippen molar-refractivity contribution in [2.75, 3.05) is 26.1 Å². The summed E-state index contributed by atoms with van der Waals surface area (Å²) < 4.78 is 9.49. The minimum Gasteiger partial charge on any atom is -0.465 e. The van der Waals surface area contributed by atoms with Gasteiger partial charge >= 0.3 is 12.1 Å². The first kappa shape index (κ1) is 15.3. The molecule has 0 fully saturated rings. The van der Waals surface area contributed by atoms with E-state index >= 15 is 0 Å². The quantitative estimate of drug-likeness (QED) is 0.839. The number of carbonyl (C=O) groups excluding carboxylic acids is 3. The van der Waals surface area contributed by atoms with Crippen LogP contribution in [0, 0.1) is 0 Å². The van der Waals surface area contributed by atoms with Crippen LogP contribution < -0.4 is 5.32 Å². The molecule has 0 saturated heterocycles. The number of fused-ring (bicyclic) bond motifs is 1. The van der Waals surface area contributed by atoms with Crippen molar-refractivity contribution in [2.45, 2.75) is 19.9 Å². The van der Waals surface area contributed by atoms with Gasteiger partial charge in [0, 0.05) is 18.3 Å². The van der Waals surface area contributed by atoms with Gasteiger partial charge in [-0.1, -0.05) is 0 Å². The molecule has 0 radical (unpaired) electrons. The maximum absolute atomic E-state index is 11.9. The first-order valence-electron chi connectivity index (χ1n) is 6.31. The molecule has 0 aliphatic carbocycles. The van der Waals surface area contributed by atoms with E-state index in [4.69, 9.17) is 9.47 Å². The zero-order chi connectivity index (χ0) is 15.6. The number of anilines is 1. The average molecular weight is 312 g/mol. The second kappa shape index (κ2) is 6.13. The normalized spacial score (nSPS) is 13.4. The molecule has 7 nitrogen and oxygen atoms in total. The molecule has 2 rings (SSSR count). The first-order chi connectivity index (χ1) is 9.97. The second-order valence-corrected chi connectivity index (χ2v) is 5.63. The van der Waals surface area contributed by atoms with E-state index in [1.807, 2.05) is 0 Å². The minimum absolute atomic E-state index is 0.261. The topological polar surface area (TPSA) is 84.9 Å². The number of thiophene rings is 1. The van der Waals surface area contributed by atoms with E-state index < -0.39 is 12.1 Å². The van der Waals surface area contributed by atoms with Crippen LogP contribution in [0.3, 0.4) is 0 Å². The van der Waals surface area contributed by atoms with Crippen molar-refractivity contribution in [1.29, 1.82) is 0 Å². The fraction of sp³-hybridized carbons (Fsp3) is 0.462. The Hall–Kier alpha value is -2.09. The van der Waals surface area contributed by atoms with E-state index in [0.29, 0.717) is 30.1 Å². The Labute approximate surface area is 125 Å². The average Bonchev–Trinajstić information content (AvgIpc) is 2.81. The summed E-state index contributed by atoms with van der Waals surface area (Å²) in [4.78, 5) is 37.2. The third kappa shape index (κ3) is 2.99. The molecule has 1 aliphatic heterocycles. The molecule has 0 spiro atoms. The number of rotatable bonds is 2. The predicted octanol–water partition coefficient (Wildman–Crippen LogP) is 1.62. The minimum atomic E-state index is -0.484. The van der Waals surface area contributed by atoms with Gasteiger partial charge in [-0.3, -0.25) is 4.79 Å². The van der Waals surface area contributed by atoms with Crippen molar-refractivity contribution in [2.24, 2.45) is 0 Å². The van der Waals surface area contributed by atoms with Gasteiger partial charge in [-0.05, 0) is 12.0 Å². The number of nitrogens with one attached hydrogen (secondary N) is 1. The molecule has 2 amide bonds. The standard InChI is InChI=1S/C13H16N2O5S/c1-7(16)14-11-10(12(17)19-2)8-4-5-15(13(18)20-3)6-9(8)21-11/h4-6H2,1-3H3,(H,14,16). The van der Waals surface area contributed by atoms with Crippen LogP contribution in [0.25, 0.3) is 0 Å². The van der Waals surface area contributed by atoms with E-state index in [1.54, 1.807) is 4.90 Å². The number of amides is 2. The summed E-state index contributed by atoms with van der Waals surface area (Å²) in [5, 5.41) is 3.11. The van der Waals surface area contributed by atoms with E-state index in [2.05, 4.69) is 5.32 Å². The summed E-state index contributed by atoms with van der Waals surface area (Å²) in [5.41, 5.74) is 1.22. The Morgan fingerprint density at radius 3 is 2.52 bits per heavy atom. The van der Waals surface area contributed by atoms with Gasteiger partial charge in [-0.2, -0.15) is 0 Å². The summed E-state index contributed by atoms with van der Waals surface area (Å²) in [5.74, 6) is -0.744. The lowest BCUT2D eigenvalue weighted by Crippen LogP contribution is -2.35. The Morgan fingerprint density at radius 1 is 1.24 bits per heavy atom. The van der Waals surface area contributed by atoms with Crippen LogP contribution >= 0.6 is 11.3 Å². The summed E-state index contributed by atoms with van der Waals surface area (Å²) in [6.45, 7) is 2.19. The highest BCUT2D eigenvalue weighted by molar-refractivity contribution is 7.17. The molecular weight excluding hydrogens is 296 g/mol. The van der Waals surface area contributed by atoms with Crippen molar-refractivity contribution in [1.82, 2.24) is 4.90 Å². The molecule has 8 heteroatoms. The number of nitrogens with zero attached hydrogens (tertiary/aromatic N) is 1. The number of esters is 1. The molecular formula is C13H16N2O5S. The predicted molar refractivity (Wildman–Crippen MR) is 76.5 cm³/mol. The van der Waals surface area contributed by atoms with Gasteiger partial charge in [-0.15, -0.1) is 11.3 Å². The van der Waals surface area contributed by atoms with Crippen LogP contribution in [-0.4, -0.2) is 43.6 Å². The third-order valence-corrected chi connectivity index (χ3v) is 4.30. The Balaban J connectivity index is 2.38. The fourth-order valence-electron chi connectivity index (χ4n) is 2.25. The molecule has 1 N–H and O–H groups in total.